The number of piperidine rings is 1. The molecule has 1 aromatic carbocycles. The Morgan fingerprint density at radius 1 is 1.18 bits per heavy atom. The number of likely N-dealkylation sites (tertiary alicyclic amines) is 1. The zero-order valence-corrected chi connectivity index (χ0v) is 16.0. The van der Waals surface area contributed by atoms with Crippen molar-refractivity contribution in [2.75, 3.05) is 6.54 Å². The van der Waals surface area contributed by atoms with Gasteiger partial charge in [-0.3, -0.25) is 4.79 Å². The van der Waals surface area contributed by atoms with Gasteiger partial charge in [0, 0.05) is 25.9 Å². The number of nitrogens with one attached hydrogen (secondary N) is 1. The van der Waals surface area contributed by atoms with Crippen LogP contribution in [0.25, 0.3) is 11.0 Å². The van der Waals surface area contributed by atoms with Gasteiger partial charge in [-0.1, -0.05) is 12.1 Å². The fraction of sp³-hybridized carbons (Fsp3) is 0.524. The van der Waals surface area contributed by atoms with E-state index in [4.69, 9.17) is 0 Å². The van der Waals surface area contributed by atoms with Crippen molar-refractivity contribution in [2.24, 2.45) is 5.92 Å². The normalized spacial score (nSPS) is 20.0. The summed E-state index contributed by atoms with van der Waals surface area (Å²) >= 11 is 0. The zero-order valence-electron chi connectivity index (χ0n) is 16.0. The minimum absolute atomic E-state index is 0.0539. The number of amides is 1. The van der Waals surface area contributed by atoms with E-state index in [0.717, 1.165) is 61.0 Å². The number of carbonyl (C=O) groups is 1. The Hall–Kier alpha value is -2.70. The second-order valence-corrected chi connectivity index (χ2v) is 8.08. The van der Waals surface area contributed by atoms with Crippen molar-refractivity contribution in [2.45, 2.75) is 57.5 Å². The Bertz CT molecular complexity index is 939. The Morgan fingerprint density at radius 3 is 2.93 bits per heavy atom. The van der Waals surface area contributed by atoms with Crippen LogP contribution in [0.4, 0.5) is 0 Å². The molecule has 3 aromatic rings. The third-order valence-electron chi connectivity index (χ3n) is 5.93. The smallest absolute Gasteiger partial charge is 0.223 e. The summed E-state index contributed by atoms with van der Waals surface area (Å²) in [5, 5.41) is 8.55. The second kappa shape index (κ2) is 7.37. The summed E-state index contributed by atoms with van der Waals surface area (Å²) in [4.78, 5) is 23.0. The summed E-state index contributed by atoms with van der Waals surface area (Å²) < 4.78 is 2.17. The van der Waals surface area contributed by atoms with Gasteiger partial charge in [0.25, 0.3) is 0 Å². The van der Waals surface area contributed by atoms with Crippen molar-refractivity contribution in [3.8, 4) is 0 Å². The minimum atomic E-state index is 0.0539. The van der Waals surface area contributed by atoms with Gasteiger partial charge in [0.2, 0.25) is 5.91 Å². The molecule has 1 N–H and O–H groups in total. The average Bonchev–Trinajstić information content (AvgIpc) is 3.25. The van der Waals surface area contributed by atoms with Crippen molar-refractivity contribution >= 4 is 16.9 Å². The number of para-hydroxylation sites is 2. The number of H-pyrrole nitrogens is 1. The molecule has 1 saturated carbocycles. The van der Waals surface area contributed by atoms with Gasteiger partial charge < -0.3 is 14.5 Å². The maximum absolute atomic E-state index is 13.1. The molecule has 2 aliphatic rings. The molecule has 0 bridgehead atoms. The summed E-state index contributed by atoms with van der Waals surface area (Å²) in [5.74, 6) is 2.78. The predicted molar refractivity (Wildman–Crippen MR) is 105 cm³/mol. The topological polar surface area (TPSA) is 79.7 Å². The highest BCUT2D eigenvalue weighted by molar-refractivity contribution is 5.78. The lowest BCUT2D eigenvalue weighted by Crippen LogP contribution is -2.40. The van der Waals surface area contributed by atoms with Crippen molar-refractivity contribution in [1.82, 2.24) is 29.6 Å². The standard InChI is InChI=1S/C21H26N6O/c28-20(11-10-19-23-16-5-1-2-6-17(16)24-19)27-12-4-3-7-18(27)21-25-22-14-26(21)13-15-8-9-15/h1-2,5-6,14-15,18H,3-4,7-13H2,(H,23,24). The van der Waals surface area contributed by atoms with E-state index in [2.05, 4.69) is 24.7 Å². The van der Waals surface area contributed by atoms with Crippen molar-refractivity contribution in [3.05, 3.63) is 42.2 Å². The van der Waals surface area contributed by atoms with E-state index in [1.165, 1.54) is 12.8 Å². The molecule has 1 aliphatic carbocycles. The third-order valence-corrected chi connectivity index (χ3v) is 5.93. The van der Waals surface area contributed by atoms with E-state index >= 15 is 0 Å². The fourth-order valence-corrected chi connectivity index (χ4v) is 4.23. The van der Waals surface area contributed by atoms with E-state index in [0.29, 0.717) is 12.8 Å². The molecule has 1 aliphatic heterocycles. The number of fused-ring (bicyclic) bond motifs is 1. The van der Waals surface area contributed by atoms with E-state index in [1.54, 1.807) is 0 Å². The Labute approximate surface area is 164 Å². The van der Waals surface area contributed by atoms with Gasteiger partial charge in [-0.25, -0.2) is 4.98 Å². The number of nitrogens with zero attached hydrogens (tertiary/aromatic N) is 5. The molecule has 0 radical (unpaired) electrons. The quantitative estimate of drug-likeness (QED) is 0.714. The molecule has 7 nitrogen and oxygen atoms in total. The molecule has 2 aromatic heterocycles. The van der Waals surface area contributed by atoms with E-state index in [-0.39, 0.29) is 11.9 Å². The third kappa shape index (κ3) is 3.53. The molecule has 1 unspecified atom stereocenters. The lowest BCUT2D eigenvalue weighted by atomic mass is 10.0. The number of rotatable bonds is 6. The molecule has 2 fully saturated rings. The van der Waals surface area contributed by atoms with Crippen LogP contribution in [0.2, 0.25) is 0 Å². The first kappa shape index (κ1) is 17.4. The van der Waals surface area contributed by atoms with Gasteiger partial charge in [-0.2, -0.15) is 0 Å². The number of carbonyl (C=O) groups excluding carboxylic acids is 1. The highest BCUT2D eigenvalue weighted by Crippen LogP contribution is 2.34. The van der Waals surface area contributed by atoms with Crippen LogP contribution in [-0.2, 0) is 17.8 Å². The monoisotopic (exact) mass is 378 g/mol. The number of imidazole rings is 1. The number of hydrogen-bond donors (Lipinski definition) is 1. The SMILES string of the molecule is O=C(CCc1nc2ccccc2[nH]1)N1CCCCC1c1nncn1CC1CC1. The van der Waals surface area contributed by atoms with Gasteiger partial charge in [0.05, 0.1) is 17.1 Å². The van der Waals surface area contributed by atoms with Crippen molar-refractivity contribution < 1.29 is 4.79 Å². The molecule has 1 atom stereocenters. The van der Waals surface area contributed by atoms with Gasteiger partial charge in [0.1, 0.15) is 12.2 Å². The van der Waals surface area contributed by atoms with Gasteiger partial charge in [-0.05, 0) is 50.2 Å². The van der Waals surface area contributed by atoms with E-state index < -0.39 is 0 Å². The highest BCUT2D eigenvalue weighted by atomic mass is 16.2. The van der Waals surface area contributed by atoms with Crippen molar-refractivity contribution in [1.29, 1.82) is 0 Å². The summed E-state index contributed by atoms with van der Waals surface area (Å²) in [6, 6.07) is 8.03. The van der Waals surface area contributed by atoms with Crippen LogP contribution in [0.5, 0.6) is 0 Å². The molecule has 28 heavy (non-hydrogen) atoms. The Balaban J connectivity index is 1.29. The van der Waals surface area contributed by atoms with Crippen LogP contribution in [0.3, 0.4) is 0 Å². The van der Waals surface area contributed by atoms with Crippen LogP contribution in [0.1, 0.15) is 56.2 Å². The molecule has 3 heterocycles. The summed E-state index contributed by atoms with van der Waals surface area (Å²) in [6.07, 6.45) is 8.68. The van der Waals surface area contributed by atoms with E-state index in [1.807, 2.05) is 35.5 Å². The predicted octanol–water partition coefficient (Wildman–Crippen LogP) is 3.25. The maximum Gasteiger partial charge on any atom is 0.223 e. The summed E-state index contributed by atoms with van der Waals surface area (Å²) in [7, 11) is 0. The maximum atomic E-state index is 13.1. The van der Waals surface area contributed by atoms with E-state index in [9.17, 15) is 4.79 Å². The minimum Gasteiger partial charge on any atom is -0.342 e. The summed E-state index contributed by atoms with van der Waals surface area (Å²) in [5.41, 5.74) is 1.97. The van der Waals surface area contributed by atoms with Crippen LogP contribution in [0.15, 0.2) is 30.6 Å². The molecule has 146 valence electrons. The fourth-order valence-electron chi connectivity index (χ4n) is 4.23. The molecular weight excluding hydrogens is 352 g/mol. The molecular formula is C21H26N6O. The number of aryl methyl sites for hydroxylation is 1. The first-order chi connectivity index (χ1) is 13.8. The van der Waals surface area contributed by atoms with Crippen LogP contribution in [-0.4, -0.2) is 42.1 Å². The Morgan fingerprint density at radius 2 is 2.07 bits per heavy atom. The number of aromatic amines is 1. The summed E-state index contributed by atoms with van der Waals surface area (Å²) in [6.45, 7) is 1.79. The zero-order chi connectivity index (χ0) is 18.9. The molecule has 5 rings (SSSR count). The average molecular weight is 378 g/mol. The number of hydrogen-bond acceptors (Lipinski definition) is 4. The lowest BCUT2D eigenvalue weighted by molar-refractivity contribution is -0.135. The molecule has 1 saturated heterocycles. The van der Waals surface area contributed by atoms with Gasteiger partial charge in [0.15, 0.2) is 5.82 Å². The first-order valence-electron chi connectivity index (χ1n) is 10.4. The van der Waals surface area contributed by atoms with Gasteiger partial charge in [-0.15, -0.1) is 10.2 Å². The van der Waals surface area contributed by atoms with Gasteiger partial charge >= 0.3 is 0 Å². The first-order valence-corrected chi connectivity index (χ1v) is 10.4. The molecule has 0 spiro atoms. The largest absolute Gasteiger partial charge is 0.342 e. The van der Waals surface area contributed by atoms with Crippen molar-refractivity contribution in [3.63, 3.8) is 0 Å². The molecule has 1 amide bonds. The highest BCUT2D eigenvalue weighted by Gasteiger charge is 2.32. The number of benzene rings is 1. The van der Waals surface area contributed by atoms with Crippen LogP contribution < -0.4 is 0 Å². The van der Waals surface area contributed by atoms with Crippen LogP contribution >= 0.6 is 0 Å². The number of aromatic nitrogens is 5. The second-order valence-electron chi connectivity index (χ2n) is 8.08. The van der Waals surface area contributed by atoms with Crippen LogP contribution in [0, 0.1) is 5.92 Å². The molecule has 7 heteroatoms. The Kier molecular flexibility index (Phi) is 4.58. The lowest BCUT2D eigenvalue weighted by Gasteiger charge is -2.35.